The lowest BCUT2D eigenvalue weighted by Crippen LogP contribution is -2.22. The molecule has 0 spiro atoms. The molecule has 0 bridgehead atoms. The minimum absolute atomic E-state index is 0.0129. The molecule has 0 amide bonds. The van der Waals surface area contributed by atoms with Crippen LogP contribution in [0.25, 0.3) is 0 Å². The van der Waals surface area contributed by atoms with E-state index < -0.39 is 5.51 Å². The van der Waals surface area contributed by atoms with Gasteiger partial charge < -0.3 is 5.32 Å². The predicted octanol–water partition coefficient (Wildman–Crippen LogP) is 3.65. The molecule has 0 aromatic carbocycles. The number of hydrogen-bond acceptors (Lipinski definition) is 3. The highest BCUT2D eigenvalue weighted by atomic mass is 32.2. The SMILES string of the molecule is CC(NCCSC(F)(F)F)c1ccsc1. The molecular formula is C9H12F3NS2. The fourth-order valence-corrected chi connectivity index (χ4v) is 2.29. The maximum absolute atomic E-state index is 11.8. The van der Waals surface area contributed by atoms with Crippen molar-refractivity contribution in [2.75, 3.05) is 12.3 Å². The Bertz CT molecular complexity index is 271. The minimum atomic E-state index is -4.12. The zero-order valence-electron chi connectivity index (χ0n) is 8.17. The van der Waals surface area contributed by atoms with Crippen LogP contribution in [0.5, 0.6) is 0 Å². The molecule has 1 heterocycles. The maximum Gasteiger partial charge on any atom is 0.441 e. The Kier molecular flexibility index (Phi) is 4.95. The van der Waals surface area contributed by atoms with Crippen LogP contribution in [0.2, 0.25) is 0 Å². The summed E-state index contributed by atoms with van der Waals surface area (Å²) in [5.41, 5.74) is -3.00. The lowest BCUT2D eigenvalue weighted by molar-refractivity contribution is -0.0327. The van der Waals surface area contributed by atoms with Crippen molar-refractivity contribution in [3.63, 3.8) is 0 Å². The van der Waals surface area contributed by atoms with Gasteiger partial charge in [0.15, 0.2) is 0 Å². The largest absolute Gasteiger partial charge is 0.441 e. The van der Waals surface area contributed by atoms with Crippen LogP contribution in [-0.4, -0.2) is 17.8 Å². The second-order valence-electron chi connectivity index (χ2n) is 3.03. The van der Waals surface area contributed by atoms with Gasteiger partial charge in [-0.3, -0.25) is 0 Å². The first kappa shape index (κ1) is 12.9. The lowest BCUT2D eigenvalue weighted by Gasteiger charge is -2.12. The van der Waals surface area contributed by atoms with Gasteiger partial charge in [0.1, 0.15) is 0 Å². The van der Waals surface area contributed by atoms with E-state index in [1.165, 1.54) is 0 Å². The molecule has 1 rings (SSSR count). The number of alkyl halides is 3. The molecule has 1 N–H and O–H groups in total. The van der Waals surface area contributed by atoms with Gasteiger partial charge in [-0.15, -0.1) is 0 Å². The van der Waals surface area contributed by atoms with Gasteiger partial charge in [-0.25, -0.2) is 0 Å². The summed E-state index contributed by atoms with van der Waals surface area (Å²) in [7, 11) is 0. The van der Waals surface area contributed by atoms with Crippen molar-refractivity contribution in [2.45, 2.75) is 18.5 Å². The van der Waals surface area contributed by atoms with Crippen LogP contribution in [0.15, 0.2) is 16.8 Å². The zero-order chi connectivity index (χ0) is 11.3. The molecular weight excluding hydrogens is 243 g/mol. The number of halogens is 3. The lowest BCUT2D eigenvalue weighted by atomic mass is 10.2. The first-order chi connectivity index (χ1) is 6.99. The van der Waals surface area contributed by atoms with E-state index in [-0.39, 0.29) is 23.6 Å². The Morgan fingerprint density at radius 2 is 2.27 bits per heavy atom. The topological polar surface area (TPSA) is 12.0 Å². The summed E-state index contributed by atoms with van der Waals surface area (Å²) >= 11 is 1.60. The molecule has 15 heavy (non-hydrogen) atoms. The number of thiophene rings is 1. The molecule has 0 fully saturated rings. The van der Waals surface area contributed by atoms with E-state index in [9.17, 15) is 13.2 Å². The molecule has 1 aromatic rings. The molecule has 1 atom stereocenters. The average molecular weight is 255 g/mol. The Morgan fingerprint density at radius 1 is 1.53 bits per heavy atom. The van der Waals surface area contributed by atoms with Crippen LogP contribution in [-0.2, 0) is 0 Å². The van der Waals surface area contributed by atoms with Crippen molar-refractivity contribution in [3.8, 4) is 0 Å². The van der Waals surface area contributed by atoms with Crippen molar-refractivity contribution < 1.29 is 13.2 Å². The van der Waals surface area contributed by atoms with Crippen LogP contribution in [0.1, 0.15) is 18.5 Å². The molecule has 0 aliphatic heterocycles. The van der Waals surface area contributed by atoms with Gasteiger partial charge in [0.25, 0.3) is 0 Å². The van der Waals surface area contributed by atoms with Crippen molar-refractivity contribution in [2.24, 2.45) is 0 Å². The van der Waals surface area contributed by atoms with E-state index in [4.69, 9.17) is 0 Å². The van der Waals surface area contributed by atoms with Crippen LogP contribution in [0.4, 0.5) is 13.2 Å². The molecule has 1 aromatic heterocycles. The quantitative estimate of drug-likeness (QED) is 0.806. The number of thioether (sulfide) groups is 1. The third kappa shape index (κ3) is 5.44. The van der Waals surface area contributed by atoms with E-state index in [1.54, 1.807) is 11.3 Å². The highest BCUT2D eigenvalue weighted by Crippen LogP contribution is 2.29. The summed E-state index contributed by atoms with van der Waals surface area (Å²) in [6, 6.07) is 2.09. The van der Waals surface area contributed by atoms with Crippen molar-refractivity contribution in [1.82, 2.24) is 5.32 Å². The van der Waals surface area contributed by atoms with Gasteiger partial charge >= 0.3 is 5.51 Å². The van der Waals surface area contributed by atoms with Crippen LogP contribution >= 0.6 is 23.1 Å². The minimum Gasteiger partial charge on any atom is -0.309 e. The van der Waals surface area contributed by atoms with E-state index in [0.717, 1.165) is 5.56 Å². The second-order valence-corrected chi connectivity index (χ2v) is 4.97. The third-order valence-corrected chi connectivity index (χ3v) is 3.30. The fraction of sp³-hybridized carbons (Fsp3) is 0.556. The van der Waals surface area contributed by atoms with Gasteiger partial charge in [-0.2, -0.15) is 24.5 Å². The Morgan fingerprint density at radius 3 is 2.80 bits per heavy atom. The van der Waals surface area contributed by atoms with Gasteiger partial charge in [0.2, 0.25) is 0 Å². The Hall–Kier alpha value is -0.200. The molecule has 1 unspecified atom stereocenters. The van der Waals surface area contributed by atoms with Crippen molar-refractivity contribution >= 4 is 23.1 Å². The standard InChI is InChI=1S/C9H12F3NS2/c1-7(8-2-4-14-6-8)13-3-5-15-9(10,11)12/h2,4,6-7,13H,3,5H2,1H3. The summed E-state index contributed by atoms with van der Waals surface area (Å²) in [4.78, 5) is 0. The van der Waals surface area contributed by atoms with Gasteiger partial charge in [-0.05, 0) is 41.1 Å². The molecule has 0 radical (unpaired) electrons. The summed E-state index contributed by atoms with van der Waals surface area (Å²) in [5, 5.41) is 6.99. The van der Waals surface area contributed by atoms with E-state index in [1.807, 2.05) is 23.8 Å². The number of rotatable bonds is 5. The van der Waals surface area contributed by atoms with Gasteiger partial charge in [0.05, 0.1) is 0 Å². The predicted molar refractivity (Wildman–Crippen MR) is 59.2 cm³/mol. The molecule has 6 heteroatoms. The molecule has 86 valence electrons. The first-order valence-electron chi connectivity index (χ1n) is 4.45. The summed E-state index contributed by atoms with van der Waals surface area (Å²) in [6.07, 6.45) is 0. The highest BCUT2D eigenvalue weighted by molar-refractivity contribution is 8.00. The molecule has 0 saturated carbocycles. The summed E-state index contributed by atoms with van der Waals surface area (Å²) in [6.45, 7) is 2.31. The van der Waals surface area contributed by atoms with Gasteiger partial charge in [0, 0.05) is 18.3 Å². The normalized spacial score (nSPS) is 14.1. The smallest absolute Gasteiger partial charge is 0.309 e. The van der Waals surface area contributed by atoms with Crippen molar-refractivity contribution in [1.29, 1.82) is 0 Å². The monoisotopic (exact) mass is 255 g/mol. The fourth-order valence-electron chi connectivity index (χ4n) is 1.08. The molecule has 0 saturated heterocycles. The third-order valence-electron chi connectivity index (χ3n) is 1.86. The Labute approximate surface area is 95.1 Å². The van der Waals surface area contributed by atoms with E-state index in [2.05, 4.69) is 5.32 Å². The van der Waals surface area contributed by atoms with E-state index in [0.29, 0.717) is 6.54 Å². The van der Waals surface area contributed by atoms with Crippen LogP contribution < -0.4 is 5.32 Å². The summed E-state index contributed by atoms with van der Waals surface area (Å²) < 4.78 is 35.4. The molecule has 1 nitrogen and oxygen atoms in total. The van der Waals surface area contributed by atoms with Gasteiger partial charge in [-0.1, -0.05) is 0 Å². The molecule has 0 aliphatic carbocycles. The maximum atomic E-state index is 11.8. The number of nitrogens with one attached hydrogen (secondary N) is 1. The van der Waals surface area contributed by atoms with Crippen LogP contribution in [0.3, 0.4) is 0 Å². The molecule has 0 aliphatic rings. The zero-order valence-corrected chi connectivity index (χ0v) is 9.81. The van der Waals surface area contributed by atoms with E-state index >= 15 is 0 Å². The second kappa shape index (κ2) is 5.77. The van der Waals surface area contributed by atoms with Crippen molar-refractivity contribution in [3.05, 3.63) is 22.4 Å². The summed E-state index contributed by atoms with van der Waals surface area (Å²) in [5.74, 6) is 0.0535. The Balaban J connectivity index is 2.16. The van der Waals surface area contributed by atoms with Crippen LogP contribution in [0, 0.1) is 0 Å². The highest BCUT2D eigenvalue weighted by Gasteiger charge is 2.27. The number of hydrogen-bond donors (Lipinski definition) is 1. The first-order valence-corrected chi connectivity index (χ1v) is 6.38. The average Bonchev–Trinajstić information content (AvgIpc) is 2.63.